The first-order valence-electron chi connectivity index (χ1n) is 8.54. The van der Waals surface area contributed by atoms with Crippen molar-refractivity contribution in [1.29, 1.82) is 0 Å². The number of ether oxygens (including phenoxy) is 1. The summed E-state index contributed by atoms with van der Waals surface area (Å²) >= 11 is 0. The van der Waals surface area contributed by atoms with Gasteiger partial charge >= 0.3 is 6.61 Å². The fourth-order valence-corrected chi connectivity index (χ4v) is 3.15. The minimum absolute atomic E-state index is 0.00719. The van der Waals surface area contributed by atoms with E-state index in [1.807, 2.05) is 0 Å². The monoisotopic (exact) mass is 411 g/mol. The molecule has 0 N–H and O–H groups in total. The molecule has 0 aromatic heterocycles. The minimum atomic E-state index is -2.96. The van der Waals surface area contributed by atoms with Crippen molar-refractivity contribution in [1.82, 2.24) is 5.01 Å². The van der Waals surface area contributed by atoms with Crippen molar-refractivity contribution in [3.63, 3.8) is 0 Å². The van der Waals surface area contributed by atoms with Gasteiger partial charge in [0.15, 0.2) is 0 Å². The first-order chi connectivity index (χ1) is 14.3. The highest BCUT2D eigenvalue weighted by molar-refractivity contribution is 6.25. The third-order valence-electron chi connectivity index (χ3n) is 4.45. The van der Waals surface area contributed by atoms with Crippen LogP contribution in [0.15, 0.2) is 59.7 Å². The predicted molar refractivity (Wildman–Crippen MR) is 102 cm³/mol. The molecule has 0 radical (unpaired) electrons. The van der Waals surface area contributed by atoms with Crippen LogP contribution in [0.25, 0.3) is 10.8 Å². The molecule has 30 heavy (non-hydrogen) atoms. The molecule has 0 unspecified atom stereocenters. The number of rotatable bonds is 5. The number of nitrogens with zero attached hydrogens (tertiary/aromatic N) is 3. The van der Waals surface area contributed by atoms with Crippen LogP contribution < -0.4 is 4.74 Å². The first kappa shape index (κ1) is 19.1. The number of hydrazone groups is 1. The second-order valence-electron chi connectivity index (χ2n) is 6.27. The van der Waals surface area contributed by atoms with Crippen LogP contribution in [-0.2, 0) is 0 Å². The number of carbonyl (C=O) groups is 2. The Bertz CT molecular complexity index is 1230. The Labute approximate surface area is 167 Å². The van der Waals surface area contributed by atoms with E-state index >= 15 is 0 Å². The molecule has 0 fully saturated rings. The molecule has 0 saturated heterocycles. The first-order valence-corrected chi connectivity index (χ1v) is 8.54. The summed E-state index contributed by atoms with van der Waals surface area (Å²) in [6.45, 7) is -2.96. The van der Waals surface area contributed by atoms with Crippen molar-refractivity contribution < 1.29 is 28.0 Å². The van der Waals surface area contributed by atoms with Gasteiger partial charge in [0.2, 0.25) is 0 Å². The number of nitro groups is 1. The van der Waals surface area contributed by atoms with E-state index in [0.717, 1.165) is 6.07 Å². The summed E-state index contributed by atoms with van der Waals surface area (Å²) in [6, 6.07) is 12.5. The molecule has 150 valence electrons. The third kappa shape index (κ3) is 3.34. The van der Waals surface area contributed by atoms with Gasteiger partial charge in [0, 0.05) is 17.5 Å². The number of non-ortho nitro benzene ring substituents is 1. The van der Waals surface area contributed by atoms with E-state index in [0.29, 0.717) is 21.3 Å². The van der Waals surface area contributed by atoms with Crippen LogP contribution in [0.1, 0.15) is 26.3 Å². The number of imide groups is 1. The van der Waals surface area contributed by atoms with Gasteiger partial charge in [0.1, 0.15) is 5.75 Å². The van der Waals surface area contributed by atoms with E-state index in [2.05, 4.69) is 9.84 Å². The molecule has 0 spiro atoms. The summed E-state index contributed by atoms with van der Waals surface area (Å²) in [5.74, 6) is -1.54. The zero-order valence-corrected chi connectivity index (χ0v) is 15.0. The summed E-state index contributed by atoms with van der Waals surface area (Å²) in [5.41, 5.74) is 0.318. The lowest BCUT2D eigenvalue weighted by Gasteiger charge is -2.22. The highest BCUT2D eigenvalue weighted by atomic mass is 19.3. The van der Waals surface area contributed by atoms with Crippen LogP contribution in [0.4, 0.5) is 14.5 Å². The fourth-order valence-electron chi connectivity index (χ4n) is 3.15. The summed E-state index contributed by atoms with van der Waals surface area (Å²) in [7, 11) is 0. The highest BCUT2D eigenvalue weighted by Crippen LogP contribution is 2.33. The Morgan fingerprint density at radius 1 is 1.03 bits per heavy atom. The maximum atomic E-state index is 12.9. The maximum absolute atomic E-state index is 12.9. The van der Waals surface area contributed by atoms with Crippen LogP contribution in [0.5, 0.6) is 5.75 Å². The molecule has 3 aromatic carbocycles. The second-order valence-corrected chi connectivity index (χ2v) is 6.27. The molecule has 2 amide bonds. The molecule has 1 heterocycles. The Morgan fingerprint density at radius 2 is 1.73 bits per heavy atom. The molecular weight excluding hydrogens is 400 g/mol. The number of hydrogen-bond acceptors (Lipinski definition) is 6. The lowest BCUT2D eigenvalue weighted by Crippen LogP contribution is -2.36. The zero-order chi connectivity index (χ0) is 21.4. The van der Waals surface area contributed by atoms with Crippen molar-refractivity contribution in [2.45, 2.75) is 6.61 Å². The molecular formula is C20H11F2N3O5. The Hall–Kier alpha value is -4.21. The normalized spacial score (nSPS) is 13.5. The molecule has 0 bridgehead atoms. The topological polar surface area (TPSA) is 102 Å². The summed E-state index contributed by atoms with van der Waals surface area (Å²) in [6.07, 6.45) is 1.20. The average molecular weight is 411 g/mol. The predicted octanol–water partition coefficient (Wildman–Crippen LogP) is 3.98. The van der Waals surface area contributed by atoms with Gasteiger partial charge in [0.25, 0.3) is 17.5 Å². The molecule has 1 aliphatic heterocycles. The Kier molecular flexibility index (Phi) is 4.66. The molecule has 0 saturated carbocycles. The van der Waals surface area contributed by atoms with Gasteiger partial charge in [-0.05, 0) is 41.3 Å². The lowest BCUT2D eigenvalue weighted by molar-refractivity contribution is -0.384. The van der Waals surface area contributed by atoms with Crippen molar-refractivity contribution in [3.05, 3.63) is 81.4 Å². The third-order valence-corrected chi connectivity index (χ3v) is 4.45. The van der Waals surface area contributed by atoms with Crippen molar-refractivity contribution in [3.8, 4) is 5.75 Å². The van der Waals surface area contributed by atoms with Crippen molar-refractivity contribution in [2.75, 3.05) is 0 Å². The van der Waals surface area contributed by atoms with Crippen LogP contribution in [0.3, 0.4) is 0 Å². The molecule has 0 atom stereocenters. The van der Waals surface area contributed by atoms with Gasteiger partial charge in [-0.25, -0.2) is 0 Å². The number of halogens is 2. The molecule has 10 heteroatoms. The SMILES string of the molecule is O=C1c2cccc3cc([N+](=O)[O-])cc(c23)C(=O)N1/N=C/c1ccc(OC(F)F)cc1. The number of alkyl halides is 2. The van der Waals surface area contributed by atoms with Crippen LogP contribution >= 0.6 is 0 Å². The van der Waals surface area contributed by atoms with Crippen molar-refractivity contribution in [2.24, 2.45) is 5.10 Å². The molecule has 1 aliphatic rings. The zero-order valence-electron chi connectivity index (χ0n) is 15.0. The smallest absolute Gasteiger partial charge is 0.387 e. The van der Waals surface area contributed by atoms with Crippen molar-refractivity contribution >= 4 is 34.5 Å². The number of carbonyl (C=O) groups excluding carboxylic acids is 2. The molecule has 8 nitrogen and oxygen atoms in total. The van der Waals surface area contributed by atoms with Gasteiger partial charge < -0.3 is 4.74 Å². The minimum Gasteiger partial charge on any atom is -0.435 e. The molecule has 3 aromatic rings. The average Bonchev–Trinajstić information content (AvgIpc) is 2.72. The number of nitro benzene ring substituents is 1. The number of benzene rings is 3. The number of amides is 2. The lowest BCUT2D eigenvalue weighted by atomic mass is 9.94. The van der Waals surface area contributed by atoms with Gasteiger partial charge in [-0.3, -0.25) is 19.7 Å². The number of hydrogen-bond donors (Lipinski definition) is 0. The Morgan fingerprint density at radius 3 is 2.40 bits per heavy atom. The van der Waals surface area contributed by atoms with E-state index in [9.17, 15) is 28.5 Å². The largest absolute Gasteiger partial charge is 0.435 e. The quantitative estimate of drug-likeness (QED) is 0.274. The van der Waals surface area contributed by atoms with E-state index in [-0.39, 0.29) is 22.6 Å². The van der Waals surface area contributed by atoms with Gasteiger partial charge in [-0.15, -0.1) is 0 Å². The van der Waals surface area contributed by atoms with E-state index < -0.39 is 23.3 Å². The van der Waals surface area contributed by atoms with Gasteiger partial charge in [0.05, 0.1) is 22.3 Å². The van der Waals surface area contributed by atoms with Gasteiger partial charge in [-0.2, -0.15) is 18.9 Å². The summed E-state index contributed by atoms with van der Waals surface area (Å²) in [5, 5.41) is 16.5. The summed E-state index contributed by atoms with van der Waals surface area (Å²) < 4.78 is 28.7. The molecule has 0 aliphatic carbocycles. The van der Waals surface area contributed by atoms with Crippen LogP contribution in [0.2, 0.25) is 0 Å². The Balaban J connectivity index is 1.70. The fraction of sp³-hybridized carbons (Fsp3) is 0.0500. The molecule has 4 rings (SSSR count). The van der Waals surface area contributed by atoms with Gasteiger partial charge in [-0.1, -0.05) is 12.1 Å². The highest BCUT2D eigenvalue weighted by Gasteiger charge is 2.34. The van der Waals surface area contributed by atoms with Crippen LogP contribution in [0, 0.1) is 10.1 Å². The maximum Gasteiger partial charge on any atom is 0.387 e. The van der Waals surface area contributed by atoms with E-state index in [4.69, 9.17) is 0 Å². The van der Waals surface area contributed by atoms with E-state index in [1.165, 1.54) is 42.6 Å². The second kappa shape index (κ2) is 7.32. The standard InChI is InChI=1S/C20H11F2N3O5/c21-20(22)30-14-6-4-11(5-7-14)10-23-24-18(26)15-3-1-2-12-8-13(25(28)29)9-16(17(12)15)19(24)27/h1-10,20H/b23-10+. The van der Waals surface area contributed by atoms with E-state index in [1.54, 1.807) is 12.1 Å². The van der Waals surface area contributed by atoms with Crippen LogP contribution in [-0.4, -0.2) is 34.6 Å². The summed E-state index contributed by atoms with van der Waals surface area (Å²) in [4.78, 5) is 36.2.